The zero-order valence-corrected chi connectivity index (χ0v) is 14.3. The Morgan fingerprint density at radius 3 is 2.23 bits per heavy atom. The molecule has 1 unspecified atom stereocenters. The molecule has 4 nitrogen and oxygen atoms in total. The molecule has 0 spiro atoms. The fourth-order valence-corrected chi connectivity index (χ4v) is 3.23. The molecular formula is C19H18F3NO3. The van der Waals surface area contributed by atoms with Gasteiger partial charge in [0.05, 0.1) is 14.2 Å². The topological polar surface area (TPSA) is 38.8 Å². The second-order valence-electron chi connectivity index (χ2n) is 6.07. The van der Waals surface area contributed by atoms with Crippen LogP contribution in [-0.4, -0.2) is 37.7 Å². The molecule has 0 aromatic heterocycles. The Balaban J connectivity index is 2.03. The molecule has 7 heteroatoms. The predicted molar refractivity (Wildman–Crippen MR) is 89.3 cm³/mol. The Bertz CT molecular complexity index is 803. The Labute approximate surface area is 149 Å². The molecule has 2 aromatic rings. The van der Waals surface area contributed by atoms with Crippen LogP contribution in [0.25, 0.3) is 0 Å². The highest BCUT2D eigenvalue weighted by Crippen LogP contribution is 2.37. The number of rotatable bonds is 3. The summed E-state index contributed by atoms with van der Waals surface area (Å²) in [6.45, 7) is -0.137. The van der Waals surface area contributed by atoms with Gasteiger partial charge in [0, 0.05) is 19.0 Å². The van der Waals surface area contributed by atoms with Crippen molar-refractivity contribution in [3.05, 3.63) is 59.2 Å². The summed E-state index contributed by atoms with van der Waals surface area (Å²) < 4.78 is 49.2. The van der Waals surface area contributed by atoms with Gasteiger partial charge in [-0.2, -0.15) is 13.2 Å². The van der Waals surface area contributed by atoms with Gasteiger partial charge in [0.15, 0.2) is 0 Å². The summed E-state index contributed by atoms with van der Waals surface area (Å²) in [6.07, 6.45) is -4.90. The van der Waals surface area contributed by atoms with E-state index >= 15 is 0 Å². The van der Waals surface area contributed by atoms with Crippen LogP contribution in [0.15, 0.2) is 42.5 Å². The van der Waals surface area contributed by atoms with Gasteiger partial charge in [-0.1, -0.05) is 18.2 Å². The number of carbonyl (C=O) groups is 1. The van der Waals surface area contributed by atoms with Crippen LogP contribution in [0.2, 0.25) is 0 Å². The Morgan fingerprint density at radius 1 is 1.04 bits per heavy atom. The third-order valence-corrected chi connectivity index (χ3v) is 4.54. The lowest BCUT2D eigenvalue weighted by Crippen LogP contribution is -2.45. The number of alkyl halides is 3. The lowest BCUT2D eigenvalue weighted by molar-refractivity contribution is -0.186. The maximum atomic E-state index is 13.0. The Morgan fingerprint density at radius 2 is 1.65 bits per heavy atom. The van der Waals surface area contributed by atoms with Crippen molar-refractivity contribution in [2.45, 2.75) is 18.6 Å². The first kappa shape index (κ1) is 18.1. The van der Waals surface area contributed by atoms with Crippen molar-refractivity contribution in [3.63, 3.8) is 0 Å². The zero-order chi connectivity index (χ0) is 18.9. The van der Waals surface area contributed by atoms with E-state index in [1.807, 2.05) is 6.07 Å². The molecule has 0 bridgehead atoms. The fraction of sp³-hybridized carbons (Fsp3) is 0.316. The molecule has 0 radical (unpaired) electrons. The molecule has 0 saturated heterocycles. The molecule has 1 aliphatic rings. The molecule has 2 aromatic carbocycles. The highest BCUT2D eigenvalue weighted by molar-refractivity contribution is 5.82. The average Bonchev–Trinajstić information content (AvgIpc) is 2.65. The van der Waals surface area contributed by atoms with E-state index in [9.17, 15) is 18.0 Å². The van der Waals surface area contributed by atoms with Crippen LogP contribution < -0.4 is 9.47 Å². The van der Waals surface area contributed by atoms with Crippen molar-refractivity contribution in [1.82, 2.24) is 4.90 Å². The smallest absolute Gasteiger partial charge is 0.471 e. The number of hydrogen-bond acceptors (Lipinski definition) is 3. The maximum absolute atomic E-state index is 13.0. The van der Waals surface area contributed by atoms with Crippen molar-refractivity contribution in [2.24, 2.45) is 0 Å². The number of methoxy groups -OCH3 is 2. The Kier molecular flexibility index (Phi) is 4.80. The second-order valence-corrected chi connectivity index (χ2v) is 6.07. The third-order valence-electron chi connectivity index (χ3n) is 4.54. The van der Waals surface area contributed by atoms with E-state index in [0.717, 1.165) is 16.0 Å². The van der Waals surface area contributed by atoms with Crippen LogP contribution in [0.4, 0.5) is 13.2 Å². The van der Waals surface area contributed by atoms with E-state index < -0.39 is 12.1 Å². The van der Waals surface area contributed by atoms with Gasteiger partial charge >= 0.3 is 12.1 Å². The van der Waals surface area contributed by atoms with Crippen molar-refractivity contribution in [2.75, 3.05) is 20.8 Å². The van der Waals surface area contributed by atoms with Crippen LogP contribution in [0.3, 0.4) is 0 Å². The highest BCUT2D eigenvalue weighted by atomic mass is 19.4. The lowest BCUT2D eigenvalue weighted by atomic mass is 9.84. The monoisotopic (exact) mass is 365 g/mol. The minimum atomic E-state index is -4.90. The van der Waals surface area contributed by atoms with Crippen molar-refractivity contribution >= 4 is 5.91 Å². The van der Waals surface area contributed by atoms with E-state index in [2.05, 4.69) is 0 Å². The van der Waals surface area contributed by atoms with Crippen LogP contribution in [-0.2, 0) is 11.3 Å². The number of hydrogen-bond donors (Lipinski definition) is 0. The largest absolute Gasteiger partial charge is 0.497 e. The van der Waals surface area contributed by atoms with Crippen molar-refractivity contribution in [1.29, 1.82) is 0 Å². The van der Waals surface area contributed by atoms with Gasteiger partial charge in [0.1, 0.15) is 11.5 Å². The number of ether oxygens (including phenoxy) is 2. The quantitative estimate of drug-likeness (QED) is 0.832. The number of benzene rings is 2. The summed E-state index contributed by atoms with van der Waals surface area (Å²) in [4.78, 5) is 12.7. The zero-order valence-electron chi connectivity index (χ0n) is 14.3. The van der Waals surface area contributed by atoms with E-state index in [1.54, 1.807) is 43.5 Å². The van der Waals surface area contributed by atoms with Crippen LogP contribution in [0.5, 0.6) is 11.5 Å². The molecule has 1 aliphatic heterocycles. The van der Waals surface area contributed by atoms with Gasteiger partial charge in [-0.05, 0) is 41.0 Å². The van der Waals surface area contributed by atoms with Gasteiger partial charge in [-0.3, -0.25) is 4.79 Å². The number of halogens is 3. The SMILES string of the molecule is COc1ccc(C2CN(C(=O)C(F)(F)F)Cc3cc(OC)ccc32)cc1. The minimum absolute atomic E-state index is 0.0377. The van der Waals surface area contributed by atoms with Gasteiger partial charge in [-0.25, -0.2) is 0 Å². The number of nitrogens with zero attached hydrogens (tertiary/aromatic N) is 1. The van der Waals surface area contributed by atoms with Crippen molar-refractivity contribution in [3.8, 4) is 11.5 Å². The van der Waals surface area contributed by atoms with E-state index in [0.29, 0.717) is 17.1 Å². The molecule has 0 aliphatic carbocycles. The molecular weight excluding hydrogens is 347 g/mol. The van der Waals surface area contributed by atoms with E-state index in [-0.39, 0.29) is 19.0 Å². The molecule has 0 N–H and O–H groups in total. The first-order valence-electron chi connectivity index (χ1n) is 8.00. The van der Waals surface area contributed by atoms with Crippen LogP contribution in [0.1, 0.15) is 22.6 Å². The number of fused-ring (bicyclic) bond motifs is 1. The number of carbonyl (C=O) groups excluding carboxylic acids is 1. The van der Waals surface area contributed by atoms with Crippen LogP contribution in [0, 0.1) is 0 Å². The summed E-state index contributed by atoms with van der Waals surface area (Å²) in [7, 11) is 3.03. The summed E-state index contributed by atoms with van der Waals surface area (Å²) in [5, 5.41) is 0. The Hall–Kier alpha value is -2.70. The summed E-state index contributed by atoms with van der Waals surface area (Å²) in [5.41, 5.74) is 2.35. The van der Waals surface area contributed by atoms with Crippen LogP contribution >= 0.6 is 0 Å². The lowest BCUT2D eigenvalue weighted by Gasteiger charge is -2.35. The standard InChI is InChI=1S/C19H18F3NO3/c1-25-14-5-3-12(4-6-14)17-11-23(18(24)19(20,21)22)10-13-9-15(26-2)7-8-16(13)17/h3-9,17H,10-11H2,1-2H3. The molecule has 1 heterocycles. The number of amides is 1. The normalized spacial score (nSPS) is 16.8. The molecule has 1 atom stereocenters. The van der Waals surface area contributed by atoms with Gasteiger partial charge in [0.2, 0.25) is 0 Å². The third kappa shape index (κ3) is 3.47. The van der Waals surface area contributed by atoms with Crippen molar-refractivity contribution < 1.29 is 27.4 Å². The average molecular weight is 365 g/mol. The molecule has 138 valence electrons. The van der Waals surface area contributed by atoms with E-state index in [1.165, 1.54) is 7.11 Å². The fourth-order valence-electron chi connectivity index (χ4n) is 3.23. The molecule has 0 fully saturated rings. The molecule has 26 heavy (non-hydrogen) atoms. The second kappa shape index (κ2) is 6.90. The molecule has 1 amide bonds. The summed E-state index contributed by atoms with van der Waals surface area (Å²) in [6, 6.07) is 12.4. The highest BCUT2D eigenvalue weighted by Gasteiger charge is 2.44. The van der Waals surface area contributed by atoms with E-state index in [4.69, 9.17) is 9.47 Å². The minimum Gasteiger partial charge on any atom is -0.497 e. The van der Waals surface area contributed by atoms with Gasteiger partial charge < -0.3 is 14.4 Å². The van der Waals surface area contributed by atoms with Gasteiger partial charge in [0.25, 0.3) is 0 Å². The predicted octanol–water partition coefficient (Wildman–Crippen LogP) is 3.74. The first-order valence-corrected chi connectivity index (χ1v) is 8.00. The first-order chi connectivity index (χ1) is 12.3. The molecule has 3 rings (SSSR count). The summed E-state index contributed by atoms with van der Waals surface area (Å²) >= 11 is 0. The van der Waals surface area contributed by atoms with Gasteiger partial charge in [-0.15, -0.1) is 0 Å². The maximum Gasteiger partial charge on any atom is 0.471 e. The summed E-state index contributed by atoms with van der Waals surface area (Å²) in [5.74, 6) is -0.993. The molecule has 0 saturated carbocycles.